The number of carbonyl (C=O) groups is 1. The van der Waals surface area contributed by atoms with E-state index >= 15 is 0 Å². The second-order valence-electron chi connectivity index (χ2n) is 6.72. The second-order valence-corrected chi connectivity index (χ2v) is 6.72. The summed E-state index contributed by atoms with van der Waals surface area (Å²) in [5.74, 6) is 0. The molecule has 5 heteroatoms. The Labute approximate surface area is 134 Å². The largest absolute Gasteiger partial charge is 0.444 e. The van der Waals surface area contributed by atoms with Crippen LogP contribution in [0.3, 0.4) is 0 Å². The second kappa shape index (κ2) is 8.03. The first kappa shape index (κ1) is 18.3. The summed E-state index contributed by atoms with van der Waals surface area (Å²) in [6.45, 7) is 9.39. The van der Waals surface area contributed by atoms with Gasteiger partial charge in [-0.3, -0.25) is 0 Å². The fourth-order valence-corrected chi connectivity index (χ4v) is 1.88. The Morgan fingerprint density at radius 2 is 1.82 bits per heavy atom. The molecule has 1 atom stereocenters. The molecule has 22 heavy (non-hydrogen) atoms. The molecule has 0 spiro atoms. The van der Waals surface area contributed by atoms with Crippen LogP contribution in [-0.2, 0) is 4.74 Å². The van der Waals surface area contributed by atoms with Gasteiger partial charge in [0.15, 0.2) is 0 Å². The quantitative estimate of drug-likeness (QED) is 0.847. The molecule has 2 N–H and O–H groups in total. The summed E-state index contributed by atoms with van der Waals surface area (Å²) in [5.41, 5.74) is 1.64. The zero-order valence-corrected chi connectivity index (χ0v) is 14.6. The Morgan fingerprint density at radius 3 is 2.32 bits per heavy atom. The minimum Gasteiger partial charge on any atom is -0.444 e. The van der Waals surface area contributed by atoms with Crippen molar-refractivity contribution in [3.63, 3.8) is 0 Å². The van der Waals surface area contributed by atoms with Crippen molar-refractivity contribution >= 4 is 11.8 Å². The Kier molecular flexibility index (Phi) is 6.68. The van der Waals surface area contributed by atoms with Crippen molar-refractivity contribution in [1.29, 1.82) is 0 Å². The van der Waals surface area contributed by atoms with Crippen molar-refractivity contribution in [3.8, 4) is 0 Å². The molecule has 0 bridgehead atoms. The SMILES string of the molecule is C[C@H](NC(=O)OC(C)(C)C)c1ccc(NCCN(C)C)cc1. The summed E-state index contributed by atoms with van der Waals surface area (Å²) < 4.78 is 5.26. The minimum absolute atomic E-state index is 0.0920. The van der Waals surface area contributed by atoms with Crippen LogP contribution in [0, 0.1) is 0 Å². The monoisotopic (exact) mass is 307 g/mol. The molecule has 0 aliphatic heterocycles. The van der Waals surface area contributed by atoms with Crippen LogP contribution in [0.1, 0.15) is 39.3 Å². The van der Waals surface area contributed by atoms with Crippen LogP contribution >= 0.6 is 0 Å². The maximum Gasteiger partial charge on any atom is 0.408 e. The lowest BCUT2D eigenvalue weighted by atomic mass is 10.1. The van der Waals surface area contributed by atoms with E-state index in [9.17, 15) is 4.79 Å². The molecule has 0 saturated heterocycles. The number of nitrogens with zero attached hydrogens (tertiary/aromatic N) is 1. The highest BCUT2D eigenvalue weighted by atomic mass is 16.6. The molecule has 0 aromatic heterocycles. The standard InChI is InChI=1S/C17H29N3O2/c1-13(19-16(21)22-17(2,3)4)14-7-9-15(10-8-14)18-11-12-20(5)6/h7-10,13,18H,11-12H2,1-6H3,(H,19,21)/t13-/m0/s1. The number of amides is 1. The van der Waals surface area contributed by atoms with Gasteiger partial charge in [0, 0.05) is 18.8 Å². The molecule has 0 fully saturated rings. The maximum absolute atomic E-state index is 11.8. The van der Waals surface area contributed by atoms with Gasteiger partial charge in [0.2, 0.25) is 0 Å². The Bertz CT molecular complexity index is 464. The fourth-order valence-electron chi connectivity index (χ4n) is 1.88. The molecule has 0 radical (unpaired) electrons. The van der Waals surface area contributed by atoms with Gasteiger partial charge >= 0.3 is 6.09 Å². The normalized spacial score (nSPS) is 12.9. The third-order valence-corrected chi connectivity index (χ3v) is 3.03. The first-order valence-corrected chi connectivity index (χ1v) is 7.65. The van der Waals surface area contributed by atoms with Crippen LogP contribution in [0.4, 0.5) is 10.5 Å². The highest BCUT2D eigenvalue weighted by Gasteiger charge is 2.18. The molecule has 1 aromatic carbocycles. The van der Waals surface area contributed by atoms with E-state index in [-0.39, 0.29) is 6.04 Å². The molecule has 1 aromatic rings. The molecule has 5 nitrogen and oxygen atoms in total. The summed E-state index contributed by atoms with van der Waals surface area (Å²) in [6.07, 6.45) is -0.395. The number of anilines is 1. The zero-order chi connectivity index (χ0) is 16.8. The van der Waals surface area contributed by atoms with Gasteiger partial charge in [-0.1, -0.05) is 12.1 Å². The number of rotatable bonds is 6. The number of hydrogen-bond acceptors (Lipinski definition) is 4. The van der Waals surface area contributed by atoms with Crippen LogP contribution in [0.5, 0.6) is 0 Å². The summed E-state index contributed by atoms with van der Waals surface area (Å²) in [6, 6.07) is 7.99. The molecule has 1 amide bonds. The average molecular weight is 307 g/mol. The van der Waals surface area contributed by atoms with Gasteiger partial charge < -0.3 is 20.3 Å². The van der Waals surface area contributed by atoms with Crippen LogP contribution in [0.15, 0.2) is 24.3 Å². The predicted octanol–water partition coefficient (Wildman–Crippen LogP) is 3.25. The first-order valence-electron chi connectivity index (χ1n) is 7.65. The number of hydrogen-bond donors (Lipinski definition) is 2. The molecule has 0 aliphatic rings. The van der Waals surface area contributed by atoms with Crippen molar-refractivity contribution < 1.29 is 9.53 Å². The van der Waals surface area contributed by atoms with Crippen molar-refractivity contribution in [2.45, 2.75) is 39.3 Å². The summed E-state index contributed by atoms with van der Waals surface area (Å²) in [5, 5.41) is 6.20. The van der Waals surface area contributed by atoms with Gasteiger partial charge in [0.05, 0.1) is 6.04 Å². The highest BCUT2D eigenvalue weighted by Crippen LogP contribution is 2.17. The number of likely N-dealkylation sites (N-methyl/N-ethyl adjacent to an activating group) is 1. The number of benzene rings is 1. The molecule has 124 valence electrons. The molecule has 1 rings (SSSR count). The highest BCUT2D eigenvalue weighted by molar-refractivity contribution is 5.68. The molecule has 0 unspecified atom stereocenters. The van der Waals surface area contributed by atoms with Gasteiger partial charge in [0.1, 0.15) is 5.60 Å². The average Bonchev–Trinajstić information content (AvgIpc) is 2.36. The van der Waals surface area contributed by atoms with E-state index in [0.717, 1.165) is 24.3 Å². The lowest BCUT2D eigenvalue weighted by Gasteiger charge is -2.22. The molecule has 0 saturated carbocycles. The van der Waals surface area contributed by atoms with Gasteiger partial charge in [-0.15, -0.1) is 0 Å². The smallest absolute Gasteiger partial charge is 0.408 e. The Balaban J connectivity index is 2.49. The van der Waals surface area contributed by atoms with Gasteiger partial charge in [-0.2, -0.15) is 0 Å². The van der Waals surface area contributed by atoms with Crippen molar-refractivity contribution in [1.82, 2.24) is 10.2 Å². The van der Waals surface area contributed by atoms with E-state index in [2.05, 4.69) is 29.6 Å². The molecule has 0 heterocycles. The zero-order valence-electron chi connectivity index (χ0n) is 14.6. The van der Waals surface area contributed by atoms with Gasteiger partial charge in [0.25, 0.3) is 0 Å². The van der Waals surface area contributed by atoms with Crippen LogP contribution in [-0.4, -0.2) is 43.8 Å². The lowest BCUT2D eigenvalue weighted by Crippen LogP contribution is -2.34. The molecule has 0 aliphatic carbocycles. The van der Waals surface area contributed by atoms with Crippen LogP contribution in [0.25, 0.3) is 0 Å². The molecular weight excluding hydrogens is 278 g/mol. The minimum atomic E-state index is -0.482. The van der Waals surface area contributed by atoms with Gasteiger partial charge in [-0.25, -0.2) is 4.79 Å². The fraction of sp³-hybridized carbons (Fsp3) is 0.588. The Hall–Kier alpha value is -1.75. The van der Waals surface area contributed by atoms with Crippen LogP contribution < -0.4 is 10.6 Å². The third-order valence-electron chi connectivity index (χ3n) is 3.03. The van der Waals surface area contributed by atoms with Crippen molar-refractivity contribution in [2.24, 2.45) is 0 Å². The third kappa shape index (κ3) is 7.31. The van der Waals surface area contributed by atoms with E-state index in [1.807, 2.05) is 52.0 Å². The first-order chi connectivity index (χ1) is 10.2. The molecular formula is C17H29N3O2. The van der Waals surface area contributed by atoms with E-state index in [1.54, 1.807) is 0 Å². The van der Waals surface area contributed by atoms with Crippen molar-refractivity contribution in [2.75, 3.05) is 32.5 Å². The number of ether oxygens (including phenoxy) is 1. The van der Waals surface area contributed by atoms with Crippen LogP contribution in [0.2, 0.25) is 0 Å². The number of alkyl carbamates (subject to hydrolysis) is 1. The summed E-state index contributed by atoms with van der Waals surface area (Å²) in [4.78, 5) is 13.9. The van der Waals surface area contributed by atoms with E-state index < -0.39 is 11.7 Å². The summed E-state index contributed by atoms with van der Waals surface area (Å²) in [7, 11) is 4.10. The number of nitrogens with one attached hydrogen (secondary N) is 2. The lowest BCUT2D eigenvalue weighted by molar-refractivity contribution is 0.0508. The van der Waals surface area contributed by atoms with Gasteiger partial charge in [-0.05, 0) is 59.5 Å². The predicted molar refractivity (Wildman–Crippen MR) is 91.3 cm³/mol. The topological polar surface area (TPSA) is 53.6 Å². The maximum atomic E-state index is 11.8. The Morgan fingerprint density at radius 1 is 1.23 bits per heavy atom. The van der Waals surface area contributed by atoms with E-state index in [1.165, 1.54) is 0 Å². The number of carbonyl (C=O) groups excluding carboxylic acids is 1. The van der Waals surface area contributed by atoms with E-state index in [0.29, 0.717) is 0 Å². The van der Waals surface area contributed by atoms with Crippen molar-refractivity contribution in [3.05, 3.63) is 29.8 Å². The van der Waals surface area contributed by atoms with E-state index in [4.69, 9.17) is 4.74 Å². The summed E-state index contributed by atoms with van der Waals surface area (Å²) >= 11 is 0.